The first-order chi connectivity index (χ1) is 8.13. The van der Waals surface area contributed by atoms with E-state index in [0.29, 0.717) is 5.69 Å². The minimum absolute atomic E-state index is 0.222. The average molecular weight is 231 g/mol. The summed E-state index contributed by atoms with van der Waals surface area (Å²) in [4.78, 5) is 23.0. The van der Waals surface area contributed by atoms with Gasteiger partial charge in [-0.25, -0.2) is 0 Å². The van der Waals surface area contributed by atoms with Gasteiger partial charge in [-0.1, -0.05) is 18.2 Å². The van der Waals surface area contributed by atoms with E-state index in [9.17, 15) is 9.59 Å². The molecule has 0 spiro atoms. The molecule has 0 unspecified atom stereocenters. The van der Waals surface area contributed by atoms with Crippen LogP contribution in [0.25, 0.3) is 10.9 Å². The van der Waals surface area contributed by atoms with Crippen molar-refractivity contribution < 1.29 is 14.3 Å². The van der Waals surface area contributed by atoms with Crippen molar-refractivity contribution in [1.82, 2.24) is 4.57 Å². The van der Waals surface area contributed by atoms with Crippen LogP contribution in [0.15, 0.2) is 30.3 Å². The van der Waals surface area contributed by atoms with Gasteiger partial charge < -0.3 is 9.30 Å². The third-order valence-corrected chi connectivity index (χ3v) is 2.77. The molecule has 0 fully saturated rings. The van der Waals surface area contributed by atoms with E-state index in [1.54, 1.807) is 10.6 Å². The Morgan fingerprint density at radius 3 is 2.65 bits per heavy atom. The van der Waals surface area contributed by atoms with Crippen molar-refractivity contribution in [3.63, 3.8) is 0 Å². The number of para-hydroxylation sites is 1. The van der Waals surface area contributed by atoms with Gasteiger partial charge in [0.1, 0.15) is 6.42 Å². The van der Waals surface area contributed by atoms with Crippen molar-refractivity contribution in [3.8, 4) is 0 Å². The number of ether oxygens (including phenoxy) is 1. The van der Waals surface area contributed by atoms with Crippen LogP contribution in [0, 0.1) is 0 Å². The predicted octanol–water partition coefficient (Wildman–Crippen LogP) is 1.92. The highest BCUT2D eigenvalue weighted by Gasteiger charge is 2.16. The predicted molar refractivity (Wildman–Crippen MR) is 63.9 cm³/mol. The number of nitrogens with zero attached hydrogens (tertiary/aromatic N) is 1. The third kappa shape index (κ3) is 2.06. The quantitative estimate of drug-likeness (QED) is 0.460. The number of rotatable bonds is 3. The normalized spacial score (nSPS) is 10.5. The smallest absolute Gasteiger partial charge is 0.313 e. The monoisotopic (exact) mass is 231 g/mol. The number of carbonyl (C=O) groups is 2. The second-order valence-corrected chi connectivity index (χ2v) is 3.82. The molecule has 0 aliphatic rings. The van der Waals surface area contributed by atoms with Crippen molar-refractivity contribution >= 4 is 22.7 Å². The maximum absolute atomic E-state index is 11.9. The van der Waals surface area contributed by atoms with Crippen molar-refractivity contribution in [2.24, 2.45) is 7.05 Å². The van der Waals surface area contributed by atoms with Crippen molar-refractivity contribution in [2.75, 3.05) is 7.11 Å². The Labute approximate surface area is 98.8 Å². The minimum atomic E-state index is -0.514. The Kier molecular flexibility index (Phi) is 2.95. The first kappa shape index (κ1) is 11.4. The summed E-state index contributed by atoms with van der Waals surface area (Å²) < 4.78 is 6.28. The Balaban J connectivity index is 2.39. The molecule has 1 heterocycles. The van der Waals surface area contributed by atoms with Crippen molar-refractivity contribution in [2.45, 2.75) is 6.42 Å². The Morgan fingerprint density at radius 1 is 1.29 bits per heavy atom. The SMILES string of the molecule is COC(=O)CC(=O)c1cc2ccccc2n1C. The Hall–Kier alpha value is -2.10. The molecule has 88 valence electrons. The van der Waals surface area contributed by atoms with Gasteiger partial charge in [-0.05, 0) is 12.1 Å². The molecule has 0 aliphatic heterocycles. The first-order valence-corrected chi connectivity index (χ1v) is 5.28. The molecule has 2 rings (SSSR count). The fraction of sp³-hybridized carbons (Fsp3) is 0.231. The van der Waals surface area contributed by atoms with E-state index < -0.39 is 5.97 Å². The van der Waals surface area contributed by atoms with E-state index >= 15 is 0 Å². The molecule has 1 aromatic heterocycles. The number of fused-ring (bicyclic) bond motifs is 1. The highest BCUT2D eigenvalue weighted by atomic mass is 16.5. The first-order valence-electron chi connectivity index (χ1n) is 5.28. The number of Topliss-reactive ketones (excluding diaryl/α,β-unsaturated/α-hetero) is 1. The van der Waals surface area contributed by atoms with Gasteiger partial charge in [0.05, 0.1) is 12.8 Å². The molecule has 2 aromatic rings. The average Bonchev–Trinajstić information content (AvgIpc) is 2.67. The maximum Gasteiger partial charge on any atom is 0.313 e. The van der Waals surface area contributed by atoms with Crippen LogP contribution in [-0.4, -0.2) is 23.4 Å². The third-order valence-electron chi connectivity index (χ3n) is 2.77. The van der Waals surface area contributed by atoms with E-state index in [4.69, 9.17) is 0 Å². The topological polar surface area (TPSA) is 48.3 Å². The van der Waals surface area contributed by atoms with E-state index in [1.165, 1.54) is 7.11 Å². The number of hydrogen-bond donors (Lipinski definition) is 0. The number of methoxy groups -OCH3 is 1. The largest absolute Gasteiger partial charge is 0.469 e. The lowest BCUT2D eigenvalue weighted by Crippen LogP contribution is -2.12. The van der Waals surface area contributed by atoms with Gasteiger partial charge in [0.15, 0.2) is 5.78 Å². The zero-order valence-corrected chi connectivity index (χ0v) is 9.77. The summed E-state index contributed by atoms with van der Waals surface area (Å²) >= 11 is 0. The Morgan fingerprint density at radius 2 is 2.00 bits per heavy atom. The summed E-state index contributed by atoms with van der Waals surface area (Å²) in [7, 11) is 3.09. The van der Waals surface area contributed by atoms with Gasteiger partial charge in [-0.3, -0.25) is 9.59 Å². The maximum atomic E-state index is 11.9. The molecule has 0 bridgehead atoms. The zero-order valence-electron chi connectivity index (χ0n) is 9.77. The number of hydrogen-bond acceptors (Lipinski definition) is 3. The lowest BCUT2D eigenvalue weighted by atomic mass is 10.2. The van der Waals surface area contributed by atoms with Crippen LogP contribution in [0.1, 0.15) is 16.9 Å². The molecule has 17 heavy (non-hydrogen) atoms. The van der Waals surface area contributed by atoms with Crippen molar-refractivity contribution in [3.05, 3.63) is 36.0 Å². The van der Waals surface area contributed by atoms with Gasteiger partial charge in [-0.2, -0.15) is 0 Å². The van der Waals surface area contributed by atoms with E-state index in [1.807, 2.05) is 31.3 Å². The molecular formula is C13H13NO3. The number of carbonyl (C=O) groups excluding carboxylic acids is 2. The van der Waals surface area contributed by atoms with Gasteiger partial charge in [0.25, 0.3) is 0 Å². The standard InChI is InChI=1S/C13H13NO3/c1-14-10-6-4-3-5-9(10)7-11(14)12(15)8-13(16)17-2/h3-7H,8H2,1-2H3. The molecule has 4 nitrogen and oxygen atoms in total. The fourth-order valence-electron chi connectivity index (χ4n) is 1.85. The van der Waals surface area contributed by atoms with Crippen LogP contribution in [0.2, 0.25) is 0 Å². The summed E-state index contributed by atoms with van der Waals surface area (Å²) in [6.07, 6.45) is -0.222. The molecule has 0 aliphatic carbocycles. The van der Waals surface area contributed by atoms with Crippen LogP contribution in [0.5, 0.6) is 0 Å². The molecule has 1 aromatic carbocycles. The lowest BCUT2D eigenvalue weighted by Gasteiger charge is -2.02. The van der Waals surface area contributed by atoms with Crippen molar-refractivity contribution in [1.29, 1.82) is 0 Å². The van der Waals surface area contributed by atoms with Gasteiger partial charge >= 0.3 is 5.97 Å². The van der Waals surface area contributed by atoms with Crippen LogP contribution >= 0.6 is 0 Å². The van der Waals surface area contributed by atoms with Crippen LogP contribution in [0.4, 0.5) is 0 Å². The molecule has 4 heteroatoms. The van der Waals surface area contributed by atoms with Gasteiger partial charge in [-0.15, -0.1) is 0 Å². The summed E-state index contributed by atoms with van der Waals surface area (Å²) in [6, 6.07) is 9.49. The van der Waals surface area contributed by atoms with Crippen LogP contribution < -0.4 is 0 Å². The number of ketones is 1. The molecule has 0 N–H and O–H groups in total. The number of aryl methyl sites for hydroxylation is 1. The van der Waals surface area contributed by atoms with E-state index in [2.05, 4.69) is 4.74 Å². The van der Waals surface area contributed by atoms with E-state index in [0.717, 1.165) is 10.9 Å². The van der Waals surface area contributed by atoms with Crippen LogP contribution in [-0.2, 0) is 16.6 Å². The summed E-state index contributed by atoms with van der Waals surface area (Å²) in [5.41, 5.74) is 1.50. The molecule has 0 atom stereocenters. The molecular weight excluding hydrogens is 218 g/mol. The molecule has 0 saturated carbocycles. The second-order valence-electron chi connectivity index (χ2n) is 3.82. The molecule has 0 saturated heterocycles. The highest BCUT2D eigenvalue weighted by Crippen LogP contribution is 2.19. The summed E-state index contributed by atoms with van der Waals surface area (Å²) in [6.45, 7) is 0. The van der Waals surface area contributed by atoms with Gasteiger partial charge in [0.2, 0.25) is 0 Å². The fourth-order valence-corrected chi connectivity index (χ4v) is 1.85. The zero-order chi connectivity index (χ0) is 12.4. The molecule has 0 radical (unpaired) electrons. The summed E-state index contributed by atoms with van der Waals surface area (Å²) in [5.74, 6) is -0.740. The van der Waals surface area contributed by atoms with Crippen LogP contribution in [0.3, 0.4) is 0 Å². The lowest BCUT2D eigenvalue weighted by molar-refractivity contribution is -0.139. The van der Waals surface area contributed by atoms with Gasteiger partial charge in [0, 0.05) is 18.0 Å². The number of benzene rings is 1. The van der Waals surface area contributed by atoms with E-state index in [-0.39, 0.29) is 12.2 Å². The highest BCUT2D eigenvalue weighted by molar-refractivity contribution is 6.07. The minimum Gasteiger partial charge on any atom is -0.469 e. The Bertz CT molecular complexity index is 583. The summed E-state index contributed by atoms with van der Waals surface area (Å²) in [5, 5.41) is 0.989. The second kappa shape index (κ2) is 4.41. The molecule has 0 amide bonds. The number of aromatic nitrogens is 1. The number of esters is 1.